The fourth-order valence-electron chi connectivity index (χ4n) is 2.70. The number of aromatic nitrogens is 2. The van der Waals surface area contributed by atoms with Crippen molar-refractivity contribution in [1.82, 2.24) is 9.13 Å². The highest BCUT2D eigenvalue weighted by Crippen LogP contribution is 2.27. The van der Waals surface area contributed by atoms with E-state index in [1.165, 1.54) is 4.57 Å². The summed E-state index contributed by atoms with van der Waals surface area (Å²) in [7, 11) is 0. The summed E-state index contributed by atoms with van der Waals surface area (Å²) in [5.74, 6) is 0. The molecule has 0 bridgehead atoms. The molecule has 0 spiro atoms. The molecule has 1 fully saturated rings. The van der Waals surface area contributed by atoms with Gasteiger partial charge in [0.05, 0.1) is 18.8 Å². The minimum absolute atomic E-state index is 0.000894. The van der Waals surface area contributed by atoms with E-state index in [1.54, 1.807) is 17.7 Å². The topological polar surface area (TPSA) is 62.5 Å². The number of ether oxygens (including phenoxy) is 2. The Morgan fingerprint density at radius 3 is 2.55 bits per heavy atom. The summed E-state index contributed by atoms with van der Waals surface area (Å²) < 4.78 is 14.3. The van der Waals surface area contributed by atoms with Crippen LogP contribution in [0.15, 0.2) is 15.8 Å². The van der Waals surface area contributed by atoms with Gasteiger partial charge in [-0.25, -0.2) is 4.79 Å². The van der Waals surface area contributed by atoms with E-state index in [9.17, 15) is 9.59 Å². The second-order valence-electron chi connectivity index (χ2n) is 6.44. The average Bonchev–Trinajstić information content (AvgIpc) is 2.89. The van der Waals surface area contributed by atoms with Crippen LogP contribution in [0.1, 0.15) is 58.4 Å². The molecule has 2 rings (SSSR count). The summed E-state index contributed by atoms with van der Waals surface area (Å²) >= 11 is 0. The maximum absolute atomic E-state index is 12.6. The van der Waals surface area contributed by atoms with Crippen LogP contribution < -0.4 is 11.2 Å². The Bertz CT molecular complexity index is 630. The lowest BCUT2D eigenvalue weighted by atomic mass is 10.2. The number of hydrogen-bond donors (Lipinski definition) is 0. The third kappa shape index (κ3) is 3.50. The average molecular weight is 310 g/mol. The van der Waals surface area contributed by atoms with Crippen molar-refractivity contribution < 1.29 is 9.47 Å². The lowest BCUT2D eigenvalue weighted by Crippen LogP contribution is -2.43. The van der Waals surface area contributed by atoms with Crippen LogP contribution in [0.3, 0.4) is 0 Å². The summed E-state index contributed by atoms with van der Waals surface area (Å²) in [6, 6.07) is -0.173. The molecule has 0 saturated carbocycles. The van der Waals surface area contributed by atoms with Crippen LogP contribution in [-0.2, 0) is 9.47 Å². The first kappa shape index (κ1) is 17.0. The second kappa shape index (κ2) is 6.79. The smallest absolute Gasteiger partial charge is 0.333 e. The second-order valence-corrected chi connectivity index (χ2v) is 6.44. The molecule has 22 heavy (non-hydrogen) atoms. The molecule has 1 aliphatic heterocycles. The highest BCUT2D eigenvalue weighted by atomic mass is 16.6. The Balaban J connectivity index is 2.24. The molecule has 0 unspecified atom stereocenters. The van der Waals surface area contributed by atoms with Gasteiger partial charge in [0.25, 0.3) is 5.56 Å². The molecule has 1 aliphatic rings. The van der Waals surface area contributed by atoms with Gasteiger partial charge in [-0.15, -0.1) is 0 Å². The Kier molecular flexibility index (Phi) is 5.24. The van der Waals surface area contributed by atoms with Crippen LogP contribution in [0, 0.1) is 6.92 Å². The van der Waals surface area contributed by atoms with Crippen molar-refractivity contribution in [2.24, 2.45) is 0 Å². The Morgan fingerprint density at radius 1 is 1.27 bits per heavy atom. The SMILES string of the molecule is Cc1cn([C@H]2CC[C@@H](COC(C)C)O2)c(=O)n(C(C)C)c1=O. The number of hydrogen-bond acceptors (Lipinski definition) is 4. The Morgan fingerprint density at radius 2 is 1.95 bits per heavy atom. The van der Waals surface area contributed by atoms with E-state index in [4.69, 9.17) is 9.47 Å². The van der Waals surface area contributed by atoms with Gasteiger partial charge in [-0.05, 0) is 47.5 Å². The van der Waals surface area contributed by atoms with Crippen molar-refractivity contribution in [3.05, 3.63) is 32.6 Å². The molecule has 124 valence electrons. The zero-order chi connectivity index (χ0) is 16.4. The molecule has 0 radical (unpaired) electrons. The highest BCUT2D eigenvalue weighted by molar-refractivity contribution is 5.04. The first-order valence-electron chi connectivity index (χ1n) is 7.92. The molecule has 0 N–H and O–H groups in total. The van der Waals surface area contributed by atoms with Crippen molar-refractivity contribution in [3.63, 3.8) is 0 Å². The normalized spacial score (nSPS) is 22.0. The predicted molar refractivity (Wildman–Crippen MR) is 84.3 cm³/mol. The van der Waals surface area contributed by atoms with Crippen LogP contribution in [0.4, 0.5) is 0 Å². The van der Waals surface area contributed by atoms with Crippen LogP contribution >= 0.6 is 0 Å². The van der Waals surface area contributed by atoms with Gasteiger partial charge in [0.1, 0.15) is 6.23 Å². The number of nitrogens with zero attached hydrogens (tertiary/aromatic N) is 2. The van der Waals surface area contributed by atoms with Crippen molar-refractivity contribution >= 4 is 0 Å². The first-order chi connectivity index (χ1) is 10.3. The van der Waals surface area contributed by atoms with E-state index in [0.29, 0.717) is 12.2 Å². The minimum Gasteiger partial charge on any atom is -0.376 e. The van der Waals surface area contributed by atoms with Gasteiger partial charge in [0.2, 0.25) is 0 Å². The maximum Gasteiger partial charge on any atom is 0.333 e. The summed E-state index contributed by atoms with van der Waals surface area (Å²) in [6.45, 7) is 9.90. The fourth-order valence-corrected chi connectivity index (χ4v) is 2.70. The molecule has 2 heterocycles. The first-order valence-corrected chi connectivity index (χ1v) is 7.92. The van der Waals surface area contributed by atoms with E-state index < -0.39 is 0 Å². The fraction of sp³-hybridized carbons (Fsp3) is 0.750. The maximum atomic E-state index is 12.6. The third-order valence-corrected chi connectivity index (χ3v) is 3.84. The van der Waals surface area contributed by atoms with Crippen molar-refractivity contribution in [2.45, 2.75) is 71.9 Å². The molecule has 6 nitrogen and oxygen atoms in total. The molecule has 0 amide bonds. The third-order valence-electron chi connectivity index (χ3n) is 3.84. The van der Waals surface area contributed by atoms with E-state index >= 15 is 0 Å². The molecule has 1 aromatic heterocycles. The molecule has 1 saturated heterocycles. The number of rotatable bonds is 5. The van der Waals surface area contributed by atoms with Gasteiger partial charge in [-0.1, -0.05) is 0 Å². The molecular formula is C16H26N2O4. The summed E-state index contributed by atoms with van der Waals surface area (Å²) in [5.41, 5.74) is 0.0220. The van der Waals surface area contributed by atoms with Gasteiger partial charge < -0.3 is 9.47 Å². The number of aryl methyl sites for hydroxylation is 1. The molecule has 2 atom stereocenters. The predicted octanol–water partition coefficient (Wildman–Crippen LogP) is 2.00. The zero-order valence-electron chi connectivity index (χ0n) is 14.0. The van der Waals surface area contributed by atoms with Gasteiger partial charge in [-0.2, -0.15) is 0 Å². The molecule has 6 heteroatoms. The largest absolute Gasteiger partial charge is 0.376 e. The van der Waals surface area contributed by atoms with E-state index in [2.05, 4.69) is 0 Å². The summed E-state index contributed by atoms with van der Waals surface area (Å²) in [4.78, 5) is 24.7. The van der Waals surface area contributed by atoms with Gasteiger partial charge in [0.15, 0.2) is 0 Å². The quantitative estimate of drug-likeness (QED) is 0.834. The van der Waals surface area contributed by atoms with Gasteiger partial charge in [-0.3, -0.25) is 13.9 Å². The van der Waals surface area contributed by atoms with E-state index in [1.807, 2.05) is 27.7 Å². The standard InChI is InChI=1S/C16H26N2O4/c1-10(2)18-15(19)12(5)8-17(16(18)20)14-7-6-13(22-14)9-21-11(3)4/h8,10-11,13-14H,6-7,9H2,1-5H3/t13-,14+/m0/s1. The Labute approximate surface area is 130 Å². The Hall–Kier alpha value is -1.40. The van der Waals surface area contributed by atoms with Crippen LogP contribution in [0.5, 0.6) is 0 Å². The van der Waals surface area contributed by atoms with Gasteiger partial charge >= 0.3 is 5.69 Å². The lowest BCUT2D eigenvalue weighted by molar-refractivity contribution is -0.0557. The van der Waals surface area contributed by atoms with Crippen LogP contribution in [0.25, 0.3) is 0 Å². The van der Waals surface area contributed by atoms with E-state index in [-0.39, 0.29) is 35.7 Å². The minimum atomic E-state index is -0.322. The van der Waals surface area contributed by atoms with E-state index in [0.717, 1.165) is 12.8 Å². The zero-order valence-corrected chi connectivity index (χ0v) is 14.0. The van der Waals surface area contributed by atoms with Crippen molar-refractivity contribution in [2.75, 3.05) is 6.61 Å². The van der Waals surface area contributed by atoms with Crippen molar-refractivity contribution in [1.29, 1.82) is 0 Å². The highest BCUT2D eigenvalue weighted by Gasteiger charge is 2.28. The lowest BCUT2D eigenvalue weighted by Gasteiger charge is -2.20. The van der Waals surface area contributed by atoms with Crippen LogP contribution in [0.2, 0.25) is 0 Å². The monoisotopic (exact) mass is 310 g/mol. The summed E-state index contributed by atoms with van der Waals surface area (Å²) in [6.07, 6.45) is 3.05. The van der Waals surface area contributed by atoms with Crippen LogP contribution in [-0.4, -0.2) is 27.9 Å². The molecule has 0 aliphatic carbocycles. The molecule has 0 aromatic carbocycles. The molecular weight excluding hydrogens is 284 g/mol. The van der Waals surface area contributed by atoms with Gasteiger partial charge in [0, 0.05) is 17.8 Å². The molecule has 1 aromatic rings. The summed E-state index contributed by atoms with van der Waals surface area (Å²) in [5, 5.41) is 0. The van der Waals surface area contributed by atoms with Crippen molar-refractivity contribution in [3.8, 4) is 0 Å².